The summed E-state index contributed by atoms with van der Waals surface area (Å²) in [6.45, 7) is 0.428. The maximum atomic E-state index is 12.6. The van der Waals surface area contributed by atoms with Gasteiger partial charge in [-0.15, -0.1) is 11.3 Å². The second-order valence-electron chi connectivity index (χ2n) is 7.67. The first kappa shape index (κ1) is 21.3. The molecule has 13 nitrogen and oxygen atoms in total. The van der Waals surface area contributed by atoms with E-state index in [2.05, 4.69) is 30.3 Å². The summed E-state index contributed by atoms with van der Waals surface area (Å²) in [6.07, 6.45) is 2.15. The second-order valence-corrected chi connectivity index (χ2v) is 10.6. The van der Waals surface area contributed by atoms with Crippen molar-refractivity contribution in [2.24, 2.45) is 0 Å². The zero-order valence-electron chi connectivity index (χ0n) is 17.4. The van der Waals surface area contributed by atoms with Crippen LogP contribution in [0.4, 0.5) is 0 Å². The van der Waals surface area contributed by atoms with Gasteiger partial charge < -0.3 is 14.2 Å². The molecule has 0 amide bonds. The van der Waals surface area contributed by atoms with Crippen LogP contribution in [-0.2, 0) is 19.5 Å². The number of rotatable bonds is 7. The van der Waals surface area contributed by atoms with Crippen LogP contribution in [0.2, 0.25) is 0 Å². The van der Waals surface area contributed by atoms with Gasteiger partial charge in [0, 0.05) is 0 Å². The Kier molecular flexibility index (Phi) is 5.34. The summed E-state index contributed by atoms with van der Waals surface area (Å²) in [6, 6.07) is 9.73. The number of nitrogens with one attached hydrogen (secondary N) is 1. The molecule has 4 aromatic rings. The van der Waals surface area contributed by atoms with Gasteiger partial charge in [0.05, 0.1) is 24.9 Å². The van der Waals surface area contributed by atoms with Crippen molar-refractivity contribution in [1.29, 1.82) is 0 Å². The lowest BCUT2D eigenvalue weighted by Gasteiger charge is -2.18. The van der Waals surface area contributed by atoms with Gasteiger partial charge in [0.1, 0.15) is 40.9 Å². The van der Waals surface area contributed by atoms with E-state index in [-0.39, 0.29) is 29.5 Å². The molecule has 2 aliphatic heterocycles. The Hall–Kier alpha value is -3.24. The molecule has 2 fully saturated rings. The smallest absolute Gasteiger partial charge is 0.341 e. The van der Waals surface area contributed by atoms with E-state index >= 15 is 0 Å². The van der Waals surface area contributed by atoms with E-state index in [0.29, 0.717) is 5.75 Å². The topological polar surface area (TPSA) is 148 Å². The Morgan fingerprint density at radius 2 is 1.97 bits per heavy atom. The molecule has 5 heterocycles. The molecule has 1 N–H and O–H groups in total. The molecular weight excluding hydrogens is 484 g/mol. The van der Waals surface area contributed by atoms with Gasteiger partial charge in [-0.3, -0.25) is 0 Å². The number of ether oxygens (including phenoxy) is 3. The fourth-order valence-corrected chi connectivity index (χ4v) is 6.28. The molecule has 0 aliphatic carbocycles. The summed E-state index contributed by atoms with van der Waals surface area (Å²) in [7, 11) is -3.65. The van der Waals surface area contributed by atoms with Crippen LogP contribution in [0.15, 0.2) is 58.6 Å². The fourth-order valence-electron chi connectivity index (χ4n) is 4.04. The van der Waals surface area contributed by atoms with Crippen molar-refractivity contribution in [3.63, 3.8) is 0 Å². The minimum absolute atomic E-state index is 0.175. The molecule has 0 saturated carbocycles. The third kappa shape index (κ3) is 3.86. The van der Waals surface area contributed by atoms with Crippen molar-refractivity contribution < 1.29 is 22.6 Å². The van der Waals surface area contributed by atoms with E-state index in [1.807, 2.05) is 12.1 Å². The zero-order chi connectivity index (χ0) is 23.1. The van der Waals surface area contributed by atoms with E-state index in [1.165, 1.54) is 11.0 Å². The quantitative estimate of drug-likeness (QED) is 0.384. The van der Waals surface area contributed by atoms with Crippen LogP contribution in [0.3, 0.4) is 0 Å². The third-order valence-electron chi connectivity index (χ3n) is 5.60. The average molecular weight is 503 g/mol. The van der Waals surface area contributed by atoms with Crippen LogP contribution in [0.5, 0.6) is 11.8 Å². The predicted molar refractivity (Wildman–Crippen MR) is 116 cm³/mol. The van der Waals surface area contributed by atoms with Gasteiger partial charge in [-0.25, -0.2) is 22.8 Å². The molecule has 176 valence electrons. The number of fused-ring (bicyclic) bond motifs is 1. The number of hydrogen-bond donors (Lipinski definition) is 1. The van der Waals surface area contributed by atoms with Crippen LogP contribution >= 0.6 is 11.3 Å². The lowest BCUT2D eigenvalue weighted by Crippen LogP contribution is -2.43. The SMILES string of the molecule is O=S(=O)(N[C@@H]1CO[C@@H]2[C@@H]1OC[C@@H]2n1nnnc1Oc1ccc(-n2cncn2)cc1)c1cccs1. The molecular formula is C19H18N8O5S2. The second kappa shape index (κ2) is 8.52. The highest BCUT2D eigenvalue weighted by Gasteiger charge is 2.51. The number of hydrogen-bond acceptors (Lipinski definition) is 11. The summed E-state index contributed by atoms with van der Waals surface area (Å²) < 4.78 is 49.1. The molecule has 3 aromatic heterocycles. The van der Waals surface area contributed by atoms with Crippen LogP contribution < -0.4 is 9.46 Å². The highest BCUT2D eigenvalue weighted by atomic mass is 32.2. The maximum absolute atomic E-state index is 12.6. The molecule has 0 spiro atoms. The highest BCUT2D eigenvalue weighted by molar-refractivity contribution is 7.91. The molecule has 34 heavy (non-hydrogen) atoms. The highest BCUT2D eigenvalue weighted by Crippen LogP contribution is 2.36. The van der Waals surface area contributed by atoms with Gasteiger partial charge in [0.25, 0.3) is 0 Å². The van der Waals surface area contributed by atoms with Gasteiger partial charge >= 0.3 is 6.01 Å². The Bertz CT molecular complexity index is 1360. The first-order valence-corrected chi connectivity index (χ1v) is 12.6. The number of tetrazole rings is 1. The Morgan fingerprint density at radius 1 is 1.12 bits per heavy atom. The van der Waals surface area contributed by atoms with Crippen molar-refractivity contribution in [1.82, 2.24) is 39.7 Å². The van der Waals surface area contributed by atoms with E-state index in [9.17, 15) is 8.42 Å². The molecule has 2 aliphatic rings. The molecule has 1 aromatic carbocycles. The molecule has 0 unspecified atom stereocenters. The van der Waals surface area contributed by atoms with Crippen molar-refractivity contribution >= 4 is 21.4 Å². The maximum Gasteiger partial charge on any atom is 0.341 e. The molecule has 15 heteroatoms. The van der Waals surface area contributed by atoms with Gasteiger partial charge in [-0.2, -0.15) is 9.78 Å². The number of thiophene rings is 1. The molecule has 6 rings (SSSR count). The minimum atomic E-state index is -3.65. The molecule has 0 bridgehead atoms. The molecule has 4 atom stereocenters. The Morgan fingerprint density at radius 3 is 2.74 bits per heavy atom. The van der Waals surface area contributed by atoms with Gasteiger partial charge in [-0.05, 0) is 46.1 Å². The average Bonchev–Trinajstić information content (AvgIpc) is 3.65. The number of aromatic nitrogens is 7. The van der Waals surface area contributed by atoms with Crippen LogP contribution in [0.25, 0.3) is 5.69 Å². The minimum Gasteiger partial charge on any atom is -0.423 e. The Labute approximate surface area is 197 Å². The van der Waals surface area contributed by atoms with Crippen LogP contribution in [0.1, 0.15) is 6.04 Å². The molecule has 2 saturated heterocycles. The van der Waals surface area contributed by atoms with Crippen LogP contribution in [-0.4, -0.2) is 74.9 Å². The monoisotopic (exact) mass is 502 g/mol. The van der Waals surface area contributed by atoms with Crippen molar-refractivity contribution in [2.75, 3.05) is 13.2 Å². The summed E-state index contributed by atoms with van der Waals surface area (Å²) in [4.78, 5) is 3.93. The molecule has 0 radical (unpaired) electrons. The first-order valence-electron chi connectivity index (χ1n) is 10.3. The number of nitrogens with zero attached hydrogens (tertiary/aromatic N) is 7. The number of sulfonamides is 1. The van der Waals surface area contributed by atoms with Gasteiger partial charge in [-0.1, -0.05) is 11.2 Å². The summed E-state index contributed by atoms with van der Waals surface area (Å²) in [5.74, 6) is 0.532. The van der Waals surface area contributed by atoms with E-state index < -0.39 is 28.3 Å². The van der Waals surface area contributed by atoms with Crippen LogP contribution in [0, 0.1) is 0 Å². The fraction of sp³-hybridized carbons (Fsp3) is 0.316. The summed E-state index contributed by atoms with van der Waals surface area (Å²) >= 11 is 1.15. The first-order chi connectivity index (χ1) is 16.6. The zero-order valence-corrected chi connectivity index (χ0v) is 19.0. The summed E-state index contributed by atoms with van der Waals surface area (Å²) in [5.41, 5.74) is 0.826. The lowest BCUT2D eigenvalue weighted by atomic mass is 10.1. The van der Waals surface area contributed by atoms with E-state index in [1.54, 1.807) is 40.7 Å². The van der Waals surface area contributed by atoms with E-state index in [4.69, 9.17) is 14.2 Å². The third-order valence-corrected chi connectivity index (χ3v) is 8.49. The normalized spacial score (nSPS) is 24.4. The van der Waals surface area contributed by atoms with Crippen molar-refractivity contribution in [3.8, 4) is 17.4 Å². The van der Waals surface area contributed by atoms with Crippen molar-refractivity contribution in [2.45, 2.75) is 28.5 Å². The summed E-state index contributed by atoms with van der Waals surface area (Å²) in [5, 5.41) is 17.6. The van der Waals surface area contributed by atoms with Gasteiger partial charge in [0.15, 0.2) is 0 Å². The van der Waals surface area contributed by atoms with Gasteiger partial charge in [0.2, 0.25) is 10.0 Å². The van der Waals surface area contributed by atoms with Crippen molar-refractivity contribution in [3.05, 3.63) is 54.4 Å². The predicted octanol–water partition coefficient (Wildman–Crippen LogP) is 0.793. The standard InChI is InChI=1S/C19H18N8O5S2/c28-34(29,16-2-1-7-33-16)23-14-8-30-18-15(9-31-17(14)18)27-19(22-24-25-27)32-13-5-3-12(4-6-13)26-11-20-10-21-26/h1-7,10-11,14-15,17-18,23H,8-9H2/t14-,15+,17-,18+/m1/s1. The Balaban J connectivity index is 1.16. The lowest BCUT2D eigenvalue weighted by molar-refractivity contribution is 0.0615. The van der Waals surface area contributed by atoms with E-state index in [0.717, 1.165) is 17.0 Å². The largest absolute Gasteiger partial charge is 0.423 e. The number of benzene rings is 1.